The summed E-state index contributed by atoms with van der Waals surface area (Å²) in [5.41, 5.74) is 0.105. The first-order chi connectivity index (χ1) is 6.52. The highest BCUT2D eigenvalue weighted by Gasteiger charge is 2.10. The Kier molecular flexibility index (Phi) is 2.78. The highest BCUT2D eigenvalue weighted by atomic mass is 16.6. The van der Waals surface area contributed by atoms with Crippen LogP contribution in [0, 0.1) is 10.1 Å². The molecule has 0 fully saturated rings. The molecule has 0 saturated heterocycles. The minimum absolute atomic E-state index is 0.0919. The van der Waals surface area contributed by atoms with Crippen molar-refractivity contribution >= 4 is 17.3 Å². The van der Waals surface area contributed by atoms with Crippen LogP contribution in [-0.4, -0.2) is 16.0 Å². The van der Waals surface area contributed by atoms with E-state index in [4.69, 9.17) is 5.21 Å². The second kappa shape index (κ2) is 3.84. The van der Waals surface area contributed by atoms with Gasteiger partial charge in [0.1, 0.15) is 0 Å². The van der Waals surface area contributed by atoms with Crippen LogP contribution < -0.4 is 5.06 Å². The van der Waals surface area contributed by atoms with E-state index in [1.807, 2.05) is 0 Å². The first kappa shape index (κ1) is 10.1. The molecular formula is C8H8N2O4. The number of benzene rings is 1. The van der Waals surface area contributed by atoms with Crippen LogP contribution in [-0.2, 0) is 4.79 Å². The molecular weight excluding hydrogens is 188 g/mol. The van der Waals surface area contributed by atoms with Gasteiger partial charge in [0.2, 0.25) is 5.91 Å². The summed E-state index contributed by atoms with van der Waals surface area (Å²) in [6, 6.07) is 5.00. The van der Waals surface area contributed by atoms with Gasteiger partial charge in [0.15, 0.2) is 0 Å². The minimum Gasteiger partial charge on any atom is -0.281 e. The fourth-order valence-electron chi connectivity index (χ4n) is 0.897. The van der Waals surface area contributed by atoms with Crippen LogP contribution >= 0.6 is 0 Å². The van der Waals surface area contributed by atoms with E-state index in [-0.39, 0.29) is 11.4 Å². The van der Waals surface area contributed by atoms with Gasteiger partial charge in [-0.25, -0.2) is 0 Å². The number of nitro groups is 1. The molecule has 0 aromatic heterocycles. The molecule has 0 bridgehead atoms. The van der Waals surface area contributed by atoms with Crippen molar-refractivity contribution in [1.29, 1.82) is 0 Å². The Labute approximate surface area is 79.5 Å². The van der Waals surface area contributed by atoms with Crippen molar-refractivity contribution in [2.45, 2.75) is 6.92 Å². The molecule has 0 aliphatic heterocycles. The Morgan fingerprint density at radius 3 is 2.29 bits per heavy atom. The number of anilines is 1. The Bertz CT molecular complexity index is 360. The van der Waals surface area contributed by atoms with E-state index in [2.05, 4.69) is 0 Å². The van der Waals surface area contributed by atoms with Crippen molar-refractivity contribution in [1.82, 2.24) is 0 Å². The molecule has 0 aliphatic rings. The number of carbonyl (C=O) groups excluding carboxylic acids is 1. The zero-order valence-corrected chi connectivity index (χ0v) is 7.38. The third kappa shape index (κ3) is 2.05. The summed E-state index contributed by atoms with van der Waals surface area (Å²) >= 11 is 0. The van der Waals surface area contributed by atoms with Crippen molar-refractivity contribution < 1.29 is 14.9 Å². The average molecular weight is 196 g/mol. The van der Waals surface area contributed by atoms with Crippen LogP contribution in [0.15, 0.2) is 24.3 Å². The Morgan fingerprint density at radius 2 is 1.93 bits per heavy atom. The van der Waals surface area contributed by atoms with Crippen molar-refractivity contribution in [3.05, 3.63) is 34.4 Å². The van der Waals surface area contributed by atoms with Crippen molar-refractivity contribution in [2.24, 2.45) is 0 Å². The second-order valence-electron chi connectivity index (χ2n) is 2.60. The number of hydroxylamine groups is 1. The minimum atomic E-state index is -0.557. The molecule has 0 radical (unpaired) electrons. The molecule has 0 saturated carbocycles. The van der Waals surface area contributed by atoms with Gasteiger partial charge in [-0.1, -0.05) is 0 Å². The number of non-ortho nitro benzene ring substituents is 1. The number of rotatable bonds is 2. The fourth-order valence-corrected chi connectivity index (χ4v) is 0.897. The lowest BCUT2D eigenvalue weighted by atomic mass is 10.3. The van der Waals surface area contributed by atoms with Gasteiger partial charge in [0, 0.05) is 19.1 Å². The first-order valence-corrected chi connectivity index (χ1v) is 3.76. The predicted octanol–water partition coefficient (Wildman–Crippen LogP) is 1.34. The van der Waals surface area contributed by atoms with Crippen molar-refractivity contribution in [2.75, 3.05) is 5.06 Å². The molecule has 0 unspecified atom stereocenters. The topological polar surface area (TPSA) is 83.7 Å². The molecule has 1 aromatic carbocycles. The lowest BCUT2D eigenvalue weighted by molar-refractivity contribution is -0.384. The molecule has 0 spiro atoms. The summed E-state index contributed by atoms with van der Waals surface area (Å²) in [7, 11) is 0. The molecule has 1 aromatic rings. The van der Waals surface area contributed by atoms with Crippen molar-refractivity contribution in [3.63, 3.8) is 0 Å². The van der Waals surface area contributed by atoms with Crippen LogP contribution in [0.3, 0.4) is 0 Å². The molecule has 0 atom stereocenters. The van der Waals surface area contributed by atoms with E-state index < -0.39 is 10.8 Å². The Balaban J connectivity index is 2.94. The third-order valence-electron chi connectivity index (χ3n) is 1.60. The van der Waals surface area contributed by atoms with Crippen LogP contribution in [0.5, 0.6) is 0 Å². The van der Waals surface area contributed by atoms with Gasteiger partial charge in [0.25, 0.3) is 5.69 Å². The van der Waals surface area contributed by atoms with E-state index in [0.29, 0.717) is 5.06 Å². The van der Waals surface area contributed by atoms with Gasteiger partial charge in [-0.05, 0) is 12.1 Å². The number of carbonyl (C=O) groups is 1. The highest BCUT2D eigenvalue weighted by Crippen LogP contribution is 2.17. The Hall–Kier alpha value is -1.95. The quantitative estimate of drug-likeness (QED) is 0.439. The average Bonchev–Trinajstić information content (AvgIpc) is 2.16. The summed E-state index contributed by atoms with van der Waals surface area (Å²) in [5, 5.41) is 19.8. The van der Waals surface area contributed by atoms with Crippen LogP contribution in [0.1, 0.15) is 6.92 Å². The van der Waals surface area contributed by atoms with E-state index in [1.165, 1.54) is 31.2 Å². The number of hydrogen-bond donors (Lipinski definition) is 1. The van der Waals surface area contributed by atoms with E-state index >= 15 is 0 Å². The molecule has 74 valence electrons. The number of hydrogen-bond acceptors (Lipinski definition) is 4. The molecule has 0 aliphatic carbocycles. The maximum Gasteiger partial charge on any atom is 0.269 e. The zero-order valence-electron chi connectivity index (χ0n) is 7.38. The molecule has 1 N–H and O–H groups in total. The zero-order chi connectivity index (χ0) is 10.7. The first-order valence-electron chi connectivity index (χ1n) is 3.76. The van der Waals surface area contributed by atoms with Gasteiger partial charge in [-0.2, -0.15) is 5.06 Å². The second-order valence-corrected chi connectivity index (χ2v) is 2.60. The van der Waals surface area contributed by atoms with E-state index in [9.17, 15) is 14.9 Å². The van der Waals surface area contributed by atoms with Crippen LogP contribution in [0.25, 0.3) is 0 Å². The monoisotopic (exact) mass is 196 g/mol. The molecule has 1 rings (SSSR count). The summed E-state index contributed by atoms with van der Waals surface area (Å²) in [4.78, 5) is 20.4. The van der Waals surface area contributed by atoms with Gasteiger partial charge in [-0.15, -0.1) is 0 Å². The van der Waals surface area contributed by atoms with Gasteiger partial charge < -0.3 is 0 Å². The van der Waals surface area contributed by atoms with Crippen LogP contribution in [0.4, 0.5) is 11.4 Å². The molecule has 6 nitrogen and oxygen atoms in total. The van der Waals surface area contributed by atoms with Crippen LogP contribution in [0.2, 0.25) is 0 Å². The van der Waals surface area contributed by atoms with Gasteiger partial charge in [0.05, 0.1) is 10.6 Å². The predicted molar refractivity (Wildman–Crippen MR) is 48.0 cm³/mol. The lowest BCUT2D eigenvalue weighted by Crippen LogP contribution is -2.23. The molecule has 0 heterocycles. The van der Waals surface area contributed by atoms with E-state index in [0.717, 1.165) is 0 Å². The summed E-state index contributed by atoms with van der Waals surface area (Å²) in [5.74, 6) is -0.557. The lowest BCUT2D eigenvalue weighted by Gasteiger charge is -2.11. The van der Waals surface area contributed by atoms with Crippen molar-refractivity contribution in [3.8, 4) is 0 Å². The van der Waals surface area contributed by atoms with E-state index in [1.54, 1.807) is 0 Å². The highest BCUT2D eigenvalue weighted by molar-refractivity contribution is 5.88. The maximum absolute atomic E-state index is 10.7. The number of nitrogens with zero attached hydrogens (tertiary/aromatic N) is 2. The summed E-state index contributed by atoms with van der Waals surface area (Å²) in [6.07, 6.45) is 0. The Morgan fingerprint density at radius 1 is 1.43 bits per heavy atom. The largest absolute Gasteiger partial charge is 0.281 e. The van der Waals surface area contributed by atoms with Gasteiger partial charge >= 0.3 is 0 Å². The molecule has 6 heteroatoms. The normalized spacial score (nSPS) is 9.57. The molecule has 1 amide bonds. The maximum atomic E-state index is 10.7. The SMILES string of the molecule is CC(=O)N(O)c1ccc([N+](=O)[O-])cc1. The standard InChI is InChI=1S/C8H8N2O4/c1-6(11)9(12)7-2-4-8(5-3-7)10(13)14/h2-5,12H,1H3. The fraction of sp³-hybridized carbons (Fsp3) is 0.125. The number of nitro benzene ring substituents is 1. The number of amides is 1. The smallest absolute Gasteiger partial charge is 0.269 e. The van der Waals surface area contributed by atoms with Gasteiger partial charge in [-0.3, -0.25) is 20.1 Å². The third-order valence-corrected chi connectivity index (χ3v) is 1.60. The summed E-state index contributed by atoms with van der Waals surface area (Å²) < 4.78 is 0. The molecule has 14 heavy (non-hydrogen) atoms. The summed E-state index contributed by atoms with van der Waals surface area (Å²) in [6.45, 7) is 1.18.